The quantitative estimate of drug-likeness (QED) is 0.885. The Morgan fingerprint density at radius 1 is 0.950 bits per heavy atom. The van der Waals surface area contributed by atoms with Gasteiger partial charge in [-0.15, -0.1) is 0 Å². The van der Waals surface area contributed by atoms with Gasteiger partial charge in [0.1, 0.15) is 17.5 Å². The van der Waals surface area contributed by atoms with E-state index >= 15 is 0 Å². The van der Waals surface area contributed by atoms with Crippen LogP contribution in [0.15, 0.2) is 30.3 Å². The molecule has 1 nitrogen and oxygen atoms in total. The Morgan fingerprint density at radius 2 is 1.70 bits per heavy atom. The Balaban J connectivity index is 2.54. The fourth-order valence-corrected chi connectivity index (χ4v) is 2.08. The number of nitrogens with one attached hydrogen (secondary N) is 1. The van der Waals surface area contributed by atoms with Crippen LogP contribution >= 0.6 is 0 Å². The highest BCUT2D eigenvalue weighted by Gasteiger charge is 2.13. The van der Waals surface area contributed by atoms with Gasteiger partial charge < -0.3 is 5.32 Å². The van der Waals surface area contributed by atoms with Gasteiger partial charge in [-0.2, -0.15) is 0 Å². The first-order chi connectivity index (χ1) is 9.52. The van der Waals surface area contributed by atoms with E-state index in [0.717, 1.165) is 12.1 Å². The van der Waals surface area contributed by atoms with Gasteiger partial charge in [-0.3, -0.25) is 0 Å². The molecule has 0 aliphatic rings. The van der Waals surface area contributed by atoms with Crippen LogP contribution in [0.3, 0.4) is 0 Å². The van der Waals surface area contributed by atoms with E-state index in [2.05, 4.69) is 5.32 Å². The Kier molecular flexibility index (Phi) is 4.45. The van der Waals surface area contributed by atoms with E-state index in [9.17, 15) is 13.2 Å². The van der Waals surface area contributed by atoms with E-state index in [1.54, 1.807) is 0 Å². The van der Waals surface area contributed by atoms with Crippen LogP contribution in [0.25, 0.3) is 11.1 Å². The van der Waals surface area contributed by atoms with Crippen molar-refractivity contribution in [2.75, 3.05) is 6.54 Å². The van der Waals surface area contributed by atoms with Crippen molar-refractivity contribution in [1.29, 1.82) is 0 Å². The maximum atomic E-state index is 14.0. The van der Waals surface area contributed by atoms with Crippen LogP contribution in [0.5, 0.6) is 0 Å². The minimum atomic E-state index is -0.506. The minimum Gasteiger partial charge on any atom is -0.313 e. The molecule has 0 amide bonds. The lowest BCUT2D eigenvalue weighted by atomic mass is 9.97. The summed E-state index contributed by atoms with van der Waals surface area (Å²) in [7, 11) is 0. The normalized spacial score (nSPS) is 10.8. The van der Waals surface area contributed by atoms with Gasteiger partial charge in [0.2, 0.25) is 0 Å². The highest BCUT2D eigenvalue weighted by molar-refractivity contribution is 5.68. The molecule has 2 aromatic carbocycles. The lowest BCUT2D eigenvalue weighted by molar-refractivity contribution is 0.594. The second-order valence-corrected chi connectivity index (χ2v) is 4.66. The average Bonchev–Trinajstić information content (AvgIpc) is 2.41. The highest BCUT2D eigenvalue weighted by Crippen LogP contribution is 2.29. The van der Waals surface area contributed by atoms with E-state index < -0.39 is 17.5 Å². The summed E-state index contributed by atoms with van der Waals surface area (Å²) in [5.74, 6) is -1.37. The number of halogens is 3. The summed E-state index contributed by atoms with van der Waals surface area (Å²) in [5, 5.41) is 3.06. The van der Waals surface area contributed by atoms with E-state index in [4.69, 9.17) is 0 Å². The van der Waals surface area contributed by atoms with E-state index in [1.807, 2.05) is 6.92 Å². The maximum Gasteiger partial charge on any atom is 0.131 e. The van der Waals surface area contributed by atoms with Gasteiger partial charge in [0.15, 0.2) is 0 Å². The topological polar surface area (TPSA) is 12.0 Å². The third-order valence-corrected chi connectivity index (χ3v) is 3.17. The molecule has 0 unspecified atom stereocenters. The molecule has 0 fully saturated rings. The second kappa shape index (κ2) is 6.09. The molecular formula is C16H16F3N. The van der Waals surface area contributed by atoms with Gasteiger partial charge in [-0.05, 0) is 54.4 Å². The fraction of sp³-hybridized carbons (Fsp3) is 0.250. The van der Waals surface area contributed by atoms with Crippen molar-refractivity contribution in [2.45, 2.75) is 20.4 Å². The molecule has 0 heterocycles. The average molecular weight is 279 g/mol. The van der Waals surface area contributed by atoms with Crippen LogP contribution in [0.2, 0.25) is 0 Å². The molecule has 2 rings (SSSR count). The SMILES string of the molecule is CCNCc1cc(F)ccc1-c1cc(F)c(C)cc1F. The van der Waals surface area contributed by atoms with Crippen LogP contribution in [0, 0.1) is 24.4 Å². The summed E-state index contributed by atoms with van der Waals surface area (Å²) in [6, 6.07) is 6.39. The van der Waals surface area contributed by atoms with Gasteiger partial charge in [0, 0.05) is 12.1 Å². The Hall–Kier alpha value is -1.81. The number of benzene rings is 2. The van der Waals surface area contributed by atoms with Crippen LogP contribution in [0.1, 0.15) is 18.1 Å². The number of rotatable bonds is 4. The first-order valence-electron chi connectivity index (χ1n) is 6.48. The number of aryl methyl sites for hydroxylation is 1. The molecule has 4 heteroatoms. The highest BCUT2D eigenvalue weighted by atomic mass is 19.1. The molecular weight excluding hydrogens is 263 g/mol. The monoisotopic (exact) mass is 279 g/mol. The van der Waals surface area contributed by atoms with Crippen molar-refractivity contribution in [1.82, 2.24) is 5.32 Å². The zero-order valence-electron chi connectivity index (χ0n) is 11.4. The molecule has 0 bridgehead atoms. The van der Waals surface area contributed by atoms with E-state index in [0.29, 0.717) is 24.2 Å². The fourth-order valence-electron chi connectivity index (χ4n) is 2.08. The molecule has 0 spiro atoms. The molecule has 0 saturated heterocycles. The summed E-state index contributed by atoms with van der Waals surface area (Å²) in [4.78, 5) is 0. The standard InChI is InChI=1S/C16H16F3N/c1-3-20-9-11-7-12(17)4-5-13(11)14-8-15(18)10(2)6-16(14)19/h4-8,20H,3,9H2,1-2H3. The molecule has 0 aliphatic carbocycles. The van der Waals surface area contributed by atoms with Gasteiger partial charge in [0.05, 0.1) is 0 Å². The molecule has 106 valence electrons. The largest absolute Gasteiger partial charge is 0.313 e. The second-order valence-electron chi connectivity index (χ2n) is 4.66. The van der Waals surface area contributed by atoms with Crippen LogP contribution < -0.4 is 5.32 Å². The first kappa shape index (κ1) is 14.6. The molecule has 0 radical (unpaired) electrons. The molecule has 0 aliphatic heterocycles. The van der Waals surface area contributed by atoms with Crippen LogP contribution in [-0.2, 0) is 6.54 Å². The Morgan fingerprint density at radius 3 is 2.40 bits per heavy atom. The van der Waals surface area contributed by atoms with Crippen molar-refractivity contribution in [3.63, 3.8) is 0 Å². The van der Waals surface area contributed by atoms with Crippen molar-refractivity contribution in [3.8, 4) is 11.1 Å². The maximum absolute atomic E-state index is 14.0. The van der Waals surface area contributed by atoms with Crippen molar-refractivity contribution < 1.29 is 13.2 Å². The zero-order valence-corrected chi connectivity index (χ0v) is 11.4. The molecule has 1 N–H and O–H groups in total. The molecule has 0 atom stereocenters. The predicted molar refractivity (Wildman–Crippen MR) is 73.9 cm³/mol. The van der Waals surface area contributed by atoms with Crippen LogP contribution in [0.4, 0.5) is 13.2 Å². The molecule has 2 aromatic rings. The van der Waals surface area contributed by atoms with E-state index in [-0.39, 0.29) is 11.1 Å². The number of hydrogen-bond acceptors (Lipinski definition) is 1. The molecule has 0 saturated carbocycles. The van der Waals surface area contributed by atoms with Gasteiger partial charge >= 0.3 is 0 Å². The number of hydrogen-bond donors (Lipinski definition) is 1. The first-order valence-corrected chi connectivity index (χ1v) is 6.48. The van der Waals surface area contributed by atoms with Gasteiger partial charge in [-0.1, -0.05) is 13.0 Å². The minimum absolute atomic E-state index is 0.154. The Labute approximate surface area is 116 Å². The summed E-state index contributed by atoms with van der Waals surface area (Å²) in [6.07, 6.45) is 0. The van der Waals surface area contributed by atoms with Crippen molar-refractivity contribution in [3.05, 3.63) is 58.9 Å². The third-order valence-electron chi connectivity index (χ3n) is 3.17. The van der Waals surface area contributed by atoms with Crippen molar-refractivity contribution >= 4 is 0 Å². The summed E-state index contributed by atoms with van der Waals surface area (Å²) >= 11 is 0. The summed E-state index contributed by atoms with van der Waals surface area (Å²) in [6.45, 7) is 4.54. The lowest BCUT2D eigenvalue weighted by Gasteiger charge is -2.12. The van der Waals surface area contributed by atoms with Crippen LogP contribution in [-0.4, -0.2) is 6.54 Å². The zero-order chi connectivity index (χ0) is 14.7. The predicted octanol–water partition coefficient (Wildman–Crippen LogP) is 4.19. The van der Waals surface area contributed by atoms with Gasteiger partial charge in [0.25, 0.3) is 0 Å². The third kappa shape index (κ3) is 3.02. The Bertz CT molecular complexity index is 623. The molecule has 20 heavy (non-hydrogen) atoms. The lowest BCUT2D eigenvalue weighted by Crippen LogP contribution is -2.13. The van der Waals surface area contributed by atoms with E-state index in [1.165, 1.54) is 25.1 Å². The summed E-state index contributed by atoms with van der Waals surface area (Å²) in [5.41, 5.74) is 1.51. The van der Waals surface area contributed by atoms with Gasteiger partial charge in [-0.25, -0.2) is 13.2 Å². The summed E-state index contributed by atoms with van der Waals surface area (Å²) < 4.78 is 41.0. The molecule has 0 aromatic heterocycles. The smallest absolute Gasteiger partial charge is 0.131 e. The van der Waals surface area contributed by atoms with Crippen molar-refractivity contribution in [2.24, 2.45) is 0 Å².